The van der Waals surface area contributed by atoms with Crippen LogP contribution >= 0.6 is 0 Å². The third-order valence-electron chi connectivity index (χ3n) is 1.77. The van der Waals surface area contributed by atoms with E-state index in [1.807, 2.05) is 0 Å². The molecule has 76 valence electrons. The van der Waals surface area contributed by atoms with E-state index in [4.69, 9.17) is 5.11 Å². The molecule has 1 rings (SSSR count). The number of phenols is 1. The molecule has 0 saturated heterocycles. The van der Waals surface area contributed by atoms with Crippen LogP contribution in [0.15, 0.2) is 24.3 Å². The Hall–Kier alpha value is -1.45. The average Bonchev–Trinajstić information content (AvgIpc) is 2.02. The van der Waals surface area contributed by atoms with Gasteiger partial charge in [0, 0.05) is 0 Å². The lowest BCUT2D eigenvalue weighted by atomic mass is 10.0. The van der Waals surface area contributed by atoms with E-state index in [0.29, 0.717) is 0 Å². The summed E-state index contributed by atoms with van der Waals surface area (Å²) in [7, 11) is 0. The molecule has 0 unspecified atom stereocenters. The minimum Gasteiger partial charge on any atom is -0.507 e. The molecule has 14 heavy (non-hydrogen) atoms. The molecule has 0 spiro atoms. The molecule has 2 nitrogen and oxygen atoms in total. The fourth-order valence-electron chi connectivity index (χ4n) is 1.19. The number of phenolic OH excluding ortho intramolecular Hbond substituents is 1. The van der Waals surface area contributed by atoms with E-state index in [1.165, 1.54) is 18.2 Å². The maximum atomic E-state index is 13.3. The molecule has 0 heterocycles. The number of hydrogen-bond acceptors (Lipinski definition) is 2. The van der Waals surface area contributed by atoms with E-state index in [9.17, 15) is 13.6 Å². The van der Waals surface area contributed by atoms with Gasteiger partial charge in [-0.25, -0.2) is 8.78 Å². The second kappa shape index (κ2) is 3.74. The Labute approximate surface area is 80.2 Å². The topological polar surface area (TPSA) is 37.3 Å². The van der Waals surface area contributed by atoms with Gasteiger partial charge in [-0.15, -0.1) is 0 Å². The standard InChI is InChI=1S/C10H10F2O2/c1-7(13)6-10(11,12)8-4-2-3-5-9(8)14/h2-5,14H,6H2,1H3. The normalized spacial score (nSPS) is 11.4. The van der Waals surface area contributed by atoms with Gasteiger partial charge in [-0.2, -0.15) is 0 Å². The number of para-hydroxylation sites is 1. The molecule has 0 saturated carbocycles. The molecule has 0 aliphatic rings. The Balaban J connectivity index is 3.03. The van der Waals surface area contributed by atoms with Crippen LogP contribution in [0.1, 0.15) is 18.9 Å². The van der Waals surface area contributed by atoms with E-state index in [-0.39, 0.29) is 0 Å². The molecule has 1 aromatic carbocycles. The van der Waals surface area contributed by atoms with E-state index < -0.39 is 29.4 Å². The monoisotopic (exact) mass is 200 g/mol. The van der Waals surface area contributed by atoms with E-state index in [2.05, 4.69) is 0 Å². The van der Waals surface area contributed by atoms with Crippen molar-refractivity contribution in [2.24, 2.45) is 0 Å². The highest BCUT2D eigenvalue weighted by Gasteiger charge is 2.35. The van der Waals surface area contributed by atoms with Gasteiger partial charge in [0.25, 0.3) is 5.92 Å². The largest absolute Gasteiger partial charge is 0.507 e. The molecule has 0 aliphatic heterocycles. The minimum absolute atomic E-state index is 0.487. The lowest BCUT2D eigenvalue weighted by Gasteiger charge is -2.15. The zero-order valence-corrected chi connectivity index (χ0v) is 7.63. The molecular weight excluding hydrogens is 190 g/mol. The van der Waals surface area contributed by atoms with Crippen molar-refractivity contribution in [3.63, 3.8) is 0 Å². The van der Waals surface area contributed by atoms with Crippen LogP contribution in [0.5, 0.6) is 5.75 Å². The highest BCUT2D eigenvalue weighted by Crippen LogP contribution is 2.36. The summed E-state index contributed by atoms with van der Waals surface area (Å²) < 4.78 is 26.6. The second-order valence-electron chi connectivity index (χ2n) is 3.10. The summed E-state index contributed by atoms with van der Waals surface area (Å²) in [6.45, 7) is 1.09. The van der Waals surface area contributed by atoms with Gasteiger partial charge < -0.3 is 5.11 Å². The van der Waals surface area contributed by atoms with Crippen LogP contribution < -0.4 is 0 Å². The predicted octanol–water partition coefficient (Wildman–Crippen LogP) is 2.46. The highest BCUT2D eigenvalue weighted by atomic mass is 19.3. The van der Waals surface area contributed by atoms with Gasteiger partial charge >= 0.3 is 0 Å². The van der Waals surface area contributed by atoms with Crippen molar-refractivity contribution >= 4 is 5.78 Å². The molecule has 0 amide bonds. The summed E-state index contributed by atoms with van der Waals surface area (Å²) in [4.78, 5) is 10.6. The molecule has 0 fully saturated rings. The SMILES string of the molecule is CC(=O)CC(F)(F)c1ccccc1O. The number of halogens is 2. The maximum absolute atomic E-state index is 13.3. The number of Topliss-reactive ketones (excluding diaryl/α,β-unsaturated/α-hetero) is 1. The van der Waals surface area contributed by atoms with Crippen molar-refractivity contribution in [3.8, 4) is 5.75 Å². The van der Waals surface area contributed by atoms with Crippen LogP contribution in [-0.4, -0.2) is 10.9 Å². The number of benzene rings is 1. The third-order valence-corrected chi connectivity index (χ3v) is 1.77. The first kappa shape index (κ1) is 10.6. The van der Waals surface area contributed by atoms with Crippen molar-refractivity contribution in [2.75, 3.05) is 0 Å². The summed E-state index contributed by atoms with van der Waals surface area (Å²) in [6, 6.07) is 5.12. The molecule has 1 N–H and O–H groups in total. The summed E-state index contributed by atoms with van der Waals surface area (Å²) in [5, 5.41) is 9.17. The van der Waals surface area contributed by atoms with Gasteiger partial charge in [0.1, 0.15) is 11.5 Å². The van der Waals surface area contributed by atoms with Crippen LogP contribution in [-0.2, 0) is 10.7 Å². The number of hydrogen-bond donors (Lipinski definition) is 1. The first-order valence-corrected chi connectivity index (χ1v) is 4.09. The Morgan fingerprint density at radius 1 is 1.43 bits per heavy atom. The lowest BCUT2D eigenvalue weighted by Crippen LogP contribution is -2.17. The van der Waals surface area contributed by atoms with E-state index in [0.717, 1.165) is 13.0 Å². The Morgan fingerprint density at radius 3 is 2.50 bits per heavy atom. The molecule has 1 aromatic rings. The zero-order valence-electron chi connectivity index (χ0n) is 7.63. The van der Waals surface area contributed by atoms with Gasteiger partial charge in [-0.3, -0.25) is 4.79 Å². The van der Waals surface area contributed by atoms with Crippen molar-refractivity contribution < 1.29 is 18.7 Å². The van der Waals surface area contributed by atoms with E-state index in [1.54, 1.807) is 0 Å². The quantitative estimate of drug-likeness (QED) is 0.813. The number of aromatic hydroxyl groups is 1. The summed E-state index contributed by atoms with van der Waals surface area (Å²) >= 11 is 0. The second-order valence-corrected chi connectivity index (χ2v) is 3.10. The van der Waals surface area contributed by atoms with E-state index >= 15 is 0 Å². The summed E-state index contributed by atoms with van der Waals surface area (Å²) in [6.07, 6.45) is -0.884. The smallest absolute Gasteiger partial charge is 0.283 e. The molecule has 0 aromatic heterocycles. The fourth-order valence-corrected chi connectivity index (χ4v) is 1.19. The van der Waals surface area contributed by atoms with Crippen LogP contribution in [0.4, 0.5) is 8.78 Å². The Kier molecular flexibility index (Phi) is 2.84. The lowest BCUT2D eigenvalue weighted by molar-refractivity contribution is -0.124. The van der Waals surface area contributed by atoms with Crippen LogP contribution in [0.25, 0.3) is 0 Å². The molecule has 0 bridgehead atoms. The van der Waals surface area contributed by atoms with Crippen molar-refractivity contribution in [1.29, 1.82) is 0 Å². The molecular formula is C10H10F2O2. The number of rotatable bonds is 3. The number of carbonyl (C=O) groups excluding carboxylic acids is 1. The van der Waals surface area contributed by atoms with Gasteiger partial charge in [0.05, 0.1) is 12.0 Å². The first-order chi connectivity index (χ1) is 6.43. The van der Waals surface area contributed by atoms with Gasteiger partial charge in [0.2, 0.25) is 0 Å². The zero-order chi connectivity index (χ0) is 10.8. The van der Waals surface area contributed by atoms with Crippen molar-refractivity contribution in [2.45, 2.75) is 19.3 Å². The van der Waals surface area contributed by atoms with Gasteiger partial charge in [0.15, 0.2) is 0 Å². The van der Waals surface area contributed by atoms with Crippen molar-refractivity contribution in [1.82, 2.24) is 0 Å². The van der Waals surface area contributed by atoms with Crippen LogP contribution in [0.2, 0.25) is 0 Å². The number of alkyl halides is 2. The summed E-state index contributed by atoms with van der Waals surface area (Å²) in [5.41, 5.74) is -0.504. The van der Waals surface area contributed by atoms with Crippen molar-refractivity contribution in [3.05, 3.63) is 29.8 Å². The highest BCUT2D eigenvalue weighted by molar-refractivity contribution is 5.76. The van der Waals surface area contributed by atoms with Crippen LogP contribution in [0.3, 0.4) is 0 Å². The Morgan fingerprint density at radius 2 is 2.00 bits per heavy atom. The Bertz CT molecular complexity index is 348. The van der Waals surface area contributed by atoms with Crippen LogP contribution in [0, 0.1) is 0 Å². The number of carbonyl (C=O) groups is 1. The third kappa shape index (κ3) is 2.28. The summed E-state index contributed by atoms with van der Waals surface area (Å²) in [5.74, 6) is -4.39. The average molecular weight is 200 g/mol. The molecule has 4 heteroatoms. The first-order valence-electron chi connectivity index (χ1n) is 4.09. The fraction of sp³-hybridized carbons (Fsp3) is 0.300. The number of ketones is 1. The van der Waals surface area contributed by atoms with Gasteiger partial charge in [-0.1, -0.05) is 12.1 Å². The van der Waals surface area contributed by atoms with Gasteiger partial charge in [-0.05, 0) is 19.1 Å². The molecule has 0 aliphatic carbocycles. The molecule has 0 radical (unpaired) electrons. The maximum Gasteiger partial charge on any atom is 0.283 e. The predicted molar refractivity (Wildman–Crippen MR) is 47.3 cm³/mol. The minimum atomic E-state index is -3.29. The molecule has 0 atom stereocenters.